The summed E-state index contributed by atoms with van der Waals surface area (Å²) in [6.45, 7) is 3.56. The maximum absolute atomic E-state index is 12.8. The van der Waals surface area contributed by atoms with Gasteiger partial charge < -0.3 is 9.80 Å². The fourth-order valence-corrected chi connectivity index (χ4v) is 4.46. The van der Waals surface area contributed by atoms with Crippen molar-refractivity contribution in [1.29, 1.82) is 0 Å². The van der Waals surface area contributed by atoms with Crippen LogP contribution in [0.25, 0.3) is 22.3 Å². The minimum absolute atomic E-state index is 0.148. The predicted octanol–water partition coefficient (Wildman–Crippen LogP) is 3.53. The van der Waals surface area contributed by atoms with Crippen LogP contribution in [0.4, 0.5) is 5.82 Å². The zero-order valence-electron chi connectivity index (χ0n) is 16.5. The fraction of sp³-hybridized carbons (Fsp3) is 0.391. The molecule has 148 valence electrons. The highest BCUT2D eigenvalue weighted by Gasteiger charge is 2.30. The summed E-state index contributed by atoms with van der Waals surface area (Å²) < 4.78 is 0. The number of anilines is 1. The van der Waals surface area contributed by atoms with Crippen LogP contribution in [0.15, 0.2) is 48.8 Å². The molecule has 1 aromatic carbocycles. The first-order valence-corrected chi connectivity index (χ1v) is 10.5. The van der Waals surface area contributed by atoms with E-state index in [0.717, 1.165) is 74.1 Å². The lowest BCUT2D eigenvalue weighted by Crippen LogP contribution is -2.42. The third-order valence-electron chi connectivity index (χ3n) is 6.06. The molecule has 2 fully saturated rings. The van der Waals surface area contributed by atoms with Crippen molar-refractivity contribution < 1.29 is 4.79 Å². The van der Waals surface area contributed by atoms with E-state index >= 15 is 0 Å². The molecule has 0 aliphatic carbocycles. The van der Waals surface area contributed by atoms with Crippen LogP contribution >= 0.6 is 0 Å². The van der Waals surface area contributed by atoms with Crippen molar-refractivity contribution >= 4 is 22.6 Å². The average Bonchev–Trinajstić information content (AvgIpc) is 3.34. The minimum atomic E-state index is 0.148. The summed E-state index contributed by atoms with van der Waals surface area (Å²) in [4.78, 5) is 31.0. The zero-order chi connectivity index (χ0) is 19.6. The number of amides is 1. The quantitative estimate of drug-likeness (QED) is 0.688. The Balaban J connectivity index is 1.42. The van der Waals surface area contributed by atoms with Gasteiger partial charge in [0.25, 0.3) is 0 Å². The smallest absolute Gasteiger partial charge is 0.225 e. The Hall–Kier alpha value is -3.02. The van der Waals surface area contributed by atoms with Gasteiger partial charge in [0.1, 0.15) is 5.82 Å². The molecule has 6 nitrogen and oxygen atoms in total. The van der Waals surface area contributed by atoms with Crippen LogP contribution in [-0.2, 0) is 4.79 Å². The lowest BCUT2D eigenvalue weighted by Gasteiger charge is -2.34. The van der Waals surface area contributed by atoms with Crippen LogP contribution in [-0.4, -0.2) is 51.9 Å². The third-order valence-corrected chi connectivity index (χ3v) is 6.06. The van der Waals surface area contributed by atoms with Crippen molar-refractivity contribution in [2.75, 3.05) is 31.1 Å². The molecule has 0 N–H and O–H groups in total. The Morgan fingerprint density at radius 2 is 1.72 bits per heavy atom. The maximum Gasteiger partial charge on any atom is 0.225 e. The minimum Gasteiger partial charge on any atom is -0.356 e. The molecule has 5 rings (SSSR count). The summed E-state index contributed by atoms with van der Waals surface area (Å²) >= 11 is 0. The van der Waals surface area contributed by atoms with Crippen LogP contribution in [0.1, 0.15) is 25.7 Å². The molecule has 2 saturated heterocycles. The first kappa shape index (κ1) is 18.0. The van der Waals surface area contributed by atoms with Gasteiger partial charge in [0, 0.05) is 55.4 Å². The van der Waals surface area contributed by atoms with Crippen molar-refractivity contribution in [3.8, 4) is 11.4 Å². The monoisotopic (exact) mass is 387 g/mol. The highest BCUT2D eigenvalue weighted by molar-refractivity contribution is 5.91. The second kappa shape index (κ2) is 7.78. The van der Waals surface area contributed by atoms with Crippen LogP contribution < -0.4 is 4.90 Å². The second-order valence-electron chi connectivity index (χ2n) is 7.92. The number of benzene rings is 1. The summed E-state index contributed by atoms with van der Waals surface area (Å²) in [6, 6.07) is 12.0. The Morgan fingerprint density at radius 3 is 2.48 bits per heavy atom. The van der Waals surface area contributed by atoms with Crippen LogP contribution in [0.5, 0.6) is 0 Å². The molecular formula is C23H25N5O. The highest BCUT2D eigenvalue weighted by atomic mass is 16.2. The summed E-state index contributed by atoms with van der Waals surface area (Å²) in [5, 5.41) is 1.06. The van der Waals surface area contributed by atoms with Gasteiger partial charge in [-0.1, -0.05) is 12.1 Å². The molecule has 0 unspecified atom stereocenters. The van der Waals surface area contributed by atoms with Gasteiger partial charge >= 0.3 is 0 Å². The van der Waals surface area contributed by atoms with E-state index in [1.165, 1.54) is 0 Å². The molecule has 3 aromatic rings. The van der Waals surface area contributed by atoms with Gasteiger partial charge in [-0.15, -0.1) is 0 Å². The molecular weight excluding hydrogens is 362 g/mol. The molecule has 0 atom stereocenters. The van der Waals surface area contributed by atoms with Gasteiger partial charge in [-0.05, 0) is 49.9 Å². The van der Waals surface area contributed by atoms with E-state index in [4.69, 9.17) is 9.97 Å². The molecule has 2 aromatic heterocycles. The molecule has 4 heterocycles. The Morgan fingerprint density at radius 1 is 0.931 bits per heavy atom. The first-order valence-electron chi connectivity index (χ1n) is 10.5. The third kappa shape index (κ3) is 3.55. The van der Waals surface area contributed by atoms with Crippen molar-refractivity contribution in [3.05, 3.63) is 48.8 Å². The average molecular weight is 387 g/mol. The summed E-state index contributed by atoms with van der Waals surface area (Å²) in [5.74, 6) is 2.16. The number of para-hydroxylation sites is 1. The van der Waals surface area contributed by atoms with Gasteiger partial charge in [0.15, 0.2) is 5.82 Å². The van der Waals surface area contributed by atoms with Gasteiger partial charge in [-0.25, -0.2) is 9.97 Å². The zero-order valence-corrected chi connectivity index (χ0v) is 16.5. The number of rotatable bonds is 3. The number of hydrogen-bond donors (Lipinski definition) is 0. The van der Waals surface area contributed by atoms with E-state index in [0.29, 0.717) is 11.7 Å². The van der Waals surface area contributed by atoms with Crippen molar-refractivity contribution in [3.63, 3.8) is 0 Å². The topological polar surface area (TPSA) is 62.2 Å². The Labute approximate surface area is 170 Å². The molecule has 2 aliphatic rings. The van der Waals surface area contributed by atoms with Gasteiger partial charge in [-0.3, -0.25) is 9.78 Å². The van der Waals surface area contributed by atoms with E-state index in [1.807, 2.05) is 30.3 Å². The second-order valence-corrected chi connectivity index (χ2v) is 7.92. The predicted molar refractivity (Wildman–Crippen MR) is 114 cm³/mol. The first-order chi connectivity index (χ1) is 14.3. The number of nitrogens with zero attached hydrogens (tertiary/aromatic N) is 5. The van der Waals surface area contributed by atoms with E-state index < -0.39 is 0 Å². The molecule has 1 amide bonds. The summed E-state index contributed by atoms with van der Waals surface area (Å²) in [7, 11) is 0. The maximum atomic E-state index is 12.8. The summed E-state index contributed by atoms with van der Waals surface area (Å²) in [6.07, 6.45) is 7.62. The molecule has 29 heavy (non-hydrogen) atoms. The lowest BCUT2D eigenvalue weighted by atomic mass is 9.95. The van der Waals surface area contributed by atoms with Crippen molar-refractivity contribution in [2.24, 2.45) is 5.92 Å². The number of likely N-dealkylation sites (tertiary alicyclic amines) is 1. The summed E-state index contributed by atoms with van der Waals surface area (Å²) in [5.41, 5.74) is 1.85. The van der Waals surface area contributed by atoms with E-state index in [-0.39, 0.29) is 5.92 Å². The number of carbonyl (C=O) groups excluding carboxylic acids is 1. The Bertz CT molecular complexity index is 1010. The number of pyridine rings is 1. The molecule has 0 saturated carbocycles. The normalized spacial score (nSPS) is 17.8. The van der Waals surface area contributed by atoms with Crippen molar-refractivity contribution in [1.82, 2.24) is 19.9 Å². The van der Waals surface area contributed by atoms with Crippen LogP contribution in [0, 0.1) is 5.92 Å². The standard InChI is InChI=1S/C23H25N5O/c29-23(28-12-3-4-13-28)17-9-14-27(15-10-17)22-19-7-1-2-8-20(19)25-21(26-22)18-6-5-11-24-16-18/h1-2,5-8,11,16-17H,3-4,9-10,12-15H2. The highest BCUT2D eigenvalue weighted by Crippen LogP contribution is 2.31. The van der Waals surface area contributed by atoms with Gasteiger partial charge in [0.2, 0.25) is 5.91 Å². The fourth-order valence-electron chi connectivity index (χ4n) is 4.46. The molecule has 0 bridgehead atoms. The number of fused-ring (bicyclic) bond motifs is 1. The van der Waals surface area contributed by atoms with Crippen LogP contribution in [0.3, 0.4) is 0 Å². The molecule has 6 heteroatoms. The van der Waals surface area contributed by atoms with E-state index in [2.05, 4.69) is 20.9 Å². The van der Waals surface area contributed by atoms with Gasteiger partial charge in [-0.2, -0.15) is 0 Å². The van der Waals surface area contributed by atoms with Crippen LogP contribution in [0.2, 0.25) is 0 Å². The molecule has 2 aliphatic heterocycles. The number of carbonyl (C=O) groups is 1. The molecule has 0 radical (unpaired) electrons. The van der Waals surface area contributed by atoms with Gasteiger partial charge in [0.05, 0.1) is 5.52 Å². The number of aromatic nitrogens is 3. The SMILES string of the molecule is O=C(C1CCN(c2nc(-c3cccnc3)nc3ccccc23)CC1)N1CCCC1. The largest absolute Gasteiger partial charge is 0.356 e. The number of hydrogen-bond acceptors (Lipinski definition) is 5. The number of piperidine rings is 1. The van der Waals surface area contributed by atoms with E-state index in [1.54, 1.807) is 12.4 Å². The van der Waals surface area contributed by atoms with E-state index in [9.17, 15) is 4.79 Å². The van der Waals surface area contributed by atoms with Crippen molar-refractivity contribution in [2.45, 2.75) is 25.7 Å². The lowest BCUT2D eigenvalue weighted by molar-refractivity contribution is -0.135. The molecule has 0 spiro atoms. The Kier molecular flexibility index (Phi) is 4.84.